The number of phosphoric acid groups is 1. The van der Waals surface area contributed by atoms with Gasteiger partial charge in [-0.15, -0.1) is 0 Å². The van der Waals surface area contributed by atoms with Gasteiger partial charge in [0.15, 0.2) is 0 Å². The van der Waals surface area contributed by atoms with Gasteiger partial charge in [-0.1, -0.05) is 54.6 Å². The number of rotatable bonds is 0. The lowest BCUT2D eigenvalue weighted by Gasteiger charge is -2.27. The number of phosphoric ester groups is 1. The number of fused-ring (bicyclic) bond motifs is 6. The van der Waals surface area contributed by atoms with E-state index in [9.17, 15) is 9.46 Å². The maximum Gasteiger partial charge on any atom is 0.584 e. The Labute approximate surface area is 145 Å². The second-order valence-corrected chi connectivity index (χ2v) is 7.61. The quantitative estimate of drug-likeness (QED) is 0.669. The predicted molar refractivity (Wildman–Crippen MR) is 96.9 cm³/mol. The van der Waals surface area contributed by atoms with Crippen LogP contribution in [-0.4, -0.2) is 4.89 Å². The molecular weight excluding hydrogens is 335 g/mol. The van der Waals surface area contributed by atoms with Crippen LogP contribution in [0, 0.1) is 5.92 Å². The molecule has 2 aromatic rings. The maximum absolute atomic E-state index is 12.4. The molecule has 5 rings (SSSR count). The summed E-state index contributed by atoms with van der Waals surface area (Å²) in [6.07, 6.45) is 10.7. The van der Waals surface area contributed by atoms with Crippen LogP contribution in [0.2, 0.25) is 0 Å². The number of allylic oxidation sites excluding steroid dienone is 7. The lowest BCUT2D eigenvalue weighted by molar-refractivity contribution is 0.258. The van der Waals surface area contributed by atoms with Gasteiger partial charge in [-0.2, -0.15) is 0 Å². The first-order valence-corrected chi connectivity index (χ1v) is 9.65. The molecule has 0 aromatic heterocycles. The molecule has 0 fully saturated rings. The van der Waals surface area contributed by atoms with E-state index in [-0.39, 0.29) is 5.92 Å². The standard InChI is InChI=1S/C20H15O4P/c21-25(22)23-17-11-9-13-5-1-3-7-15(13)19(17)20-16-8-4-2-6-14(16)10-12-18(20)24-25/h1-7,9-12,16H,8H2,(H,21,22). The molecular formula is C20H15O4P. The van der Waals surface area contributed by atoms with Crippen molar-refractivity contribution >= 4 is 24.2 Å². The molecule has 1 aliphatic heterocycles. The highest BCUT2D eigenvalue weighted by atomic mass is 31.2. The van der Waals surface area contributed by atoms with Gasteiger partial charge in [0.1, 0.15) is 11.5 Å². The Morgan fingerprint density at radius 1 is 1.08 bits per heavy atom. The van der Waals surface area contributed by atoms with Crippen LogP contribution >= 0.6 is 7.82 Å². The SMILES string of the molecule is O=P1(O)OC2=C(c3c(ccc4ccccc34)O1)C1CC=CC=C1C=C2. The van der Waals surface area contributed by atoms with Crippen LogP contribution in [0.1, 0.15) is 12.0 Å². The van der Waals surface area contributed by atoms with Gasteiger partial charge in [-0.05, 0) is 34.9 Å². The average molecular weight is 350 g/mol. The molecule has 0 saturated carbocycles. The van der Waals surface area contributed by atoms with E-state index in [1.807, 2.05) is 42.5 Å². The van der Waals surface area contributed by atoms with Crippen molar-refractivity contribution in [2.75, 3.05) is 0 Å². The molecule has 2 unspecified atom stereocenters. The minimum absolute atomic E-state index is 0.0799. The molecule has 0 saturated heterocycles. The first-order valence-electron chi connectivity index (χ1n) is 8.15. The molecule has 0 bridgehead atoms. The van der Waals surface area contributed by atoms with E-state index in [1.54, 1.807) is 12.1 Å². The molecule has 0 radical (unpaired) electrons. The summed E-state index contributed by atoms with van der Waals surface area (Å²) < 4.78 is 23.2. The van der Waals surface area contributed by atoms with E-state index in [4.69, 9.17) is 9.05 Å². The smallest absolute Gasteiger partial charge is 0.395 e. The number of hydrogen-bond acceptors (Lipinski definition) is 3. The molecule has 5 heteroatoms. The van der Waals surface area contributed by atoms with Crippen LogP contribution in [0.15, 0.2) is 78.1 Å². The van der Waals surface area contributed by atoms with Gasteiger partial charge in [-0.3, -0.25) is 4.89 Å². The monoisotopic (exact) mass is 350 g/mol. The van der Waals surface area contributed by atoms with Gasteiger partial charge in [0.2, 0.25) is 0 Å². The lowest BCUT2D eigenvalue weighted by Crippen LogP contribution is -2.13. The van der Waals surface area contributed by atoms with Crippen molar-refractivity contribution in [2.24, 2.45) is 5.92 Å². The van der Waals surface area contributed by atoms with E-state index in [2.05, 4.69) is 12.2 Å². The summed E-state index contributed by atoms with van der Waals surface area (Å²) in [6, 6.07) is 11.6. The van der Waals surface area contributed by atoms with Crippen molar-refractivity contribution in [3.05, 3.63) is 83.7 Å². The van der Waals surface area contributed by atoms with Crippen LogP contribution in [0.5, 0.6) is 5.75 Å². The lowest BCUT2D eigenvalue weighted by atomic mass is 9.77. The molecule has 2 atom stereocenters. The van der Waals surface area contributed by atoms with Gasteiger partial charge >= 0.3 is 7.82 Å². The summed E-state index contributed by atoms with van der Waals surface area (Å²) in [5.41, 5.74) is 2.92. The summed E-state index contributed by atoms with van der Waals surface area (Å²) in [6.45, 7) is 0. The molecule has 0 amide bonds. The van der Waals surface area contributed by atoms with Crippen LogP contribution in [0.4, 0.5) is 0 Å². The van der Waals surface area contributed by atoms with E-state index < -0.39 is 7.82 Å². The second kappa shape index (κ2) is 5.22. The first kappa shape index (κ1) is 14.8. The van der Waals surface area contributed by atoms with Crippen molar-refractivity contribution < 1.29 is 18.5 Å². The third-order valence-electron chi connectivity index (χ3n) is 4.83. The van der Waals surface area contributed by atoms with E-state index in [1.165, 1.54) is 5.57 Å². The summed E-state index contributed by atoms with van der Waals surface area (Å²) >= 11 is 0. The summed E-state index contributed by atoms with van der Waals surface area (Å²) in [5.74, 6) is 0.883. The Kier molecular flexibility index (Phi) is 3.08. The second-order valence-electron chi connectivity index (χ2n) is 6.31. The normalized spacial score (nSPS) is 26.8. The van der Waals surface area contributed by atoms with E-state index >= 15 is 0 Å². The maximum atomic E-state index is 12.4. The minimum atomic E-state index is -4.22. The first-order chi connectivity index (χ1) is 12.1. The van der Waals surface area contributed by atoms with Crippen molar-refractivity contribution in [3.63, 3.8) is 0 Å². The molecule has 124 valence electrons. The fraction of sp³-hybridized carbons (Fsp3) is 0.100. The van der Waals surface area contributed by atoms with Crippen LogP contribution in [0.3, 0.4) is 0 Å². The van der Waals surface area contributed by atoms with E-state index in [0.29, 0.717) is 11.5 Å². The number of hydrogen-bond donors (Lipinski definition) is 1. The Hall–Kier alpha value is -2.55. The molecule has 3 aliphatic rings. The number of benzene rings is 2. The molecule has 4 nitrogen and oxygen atoms in total. The van der Waals surface area contributed by atoms with Gasteiger partial charge in [0.25, 0.3) is 0 Å². The third kappa shape index (κ3) is 2.30. The highest BCUT2D eigenvalue weighted by Gasteiger charge is 2.38. The summed E-state index contributed by atoms with van der Waals surface area (Å²) in [7, 11) is -4.22. The van der Waals surface area contributed by atoms with Crippen molar-refractivity contribution in [1.82, 2.24) is 0 Å². The third-order valence-corrected chi connectivity index (χ3v) is 5.68. The van der Waals surface area contributed by atoms with Crippen LogP contribution < -0.4 is 4.52 Å². The molecule has 1 N–H and O–H groups in total. The fourth-order valence-electron chi connectivity index (χ4n) is 3.79. The predicted octanol–water partition coefficient (Wildman–Crippen LogP) is 5.13. The topological polar surface area (TPSA) is 55.8 Å². The molecule has 1 heterocycles. The Morgan fingerprint density at radius 2 is 1.96 bits per heavy atom. The van der Waals surface area contributed by atoms with Gasteiger partial charge in [-0.25, -0.2) is 4.57 Å². The van der Waals surface area contributed by atoms with Crippen LogP contribution in [0.25, 0.3) is 16.3 Å². The Morgan fingerprint density at radius 3 is 2.88 bits per heavy atom. The van der Waals surface area contributed by atoms with E-state index in [0.717, 1.165) is 28.3 Å². The molecule has 2 aliphatic carbocycles. The van der Waals surface area contributed by atoms with Crippen LogP contribution in [-0.2, 0) is 9.09 Å². The van der Waals surface area contributed by atoms with Gasteiger partial charge < -0.3 is 9.05 Å². The van der Waals surface area contributed by atoms with Gasteiger partial charge in [0.05, 0.1) is 0 Å². The zero-order valence-corrected chi connectivity index (χ0v) is 14.1. The Balaban J connectivity index is 1.88. The fourth-order valence-corrected chi connectivity index (χ4v) is 4.63. The minimum Gasteiger partial charge on any atom is -0.395 e. The molecule has 0 spiro atoms. The highest BCUT2D eigenvalue weighted by molar-refractivity contribution is 7.48. The molecule has 2 aromatic carbocycles. The van der Waals surface area contributed by atoms with Crippen molar-refractivity contribution in [1.29, 1.82) is 0 Å². The largest absolute Gasteiger partial charge is 0.584 e. The summed E-state index contributed by atoms with van der Waals surface area (Å²) in [5, 5.41) is 2.04. The Bertz CT molecular complexity index is 1070. The molecule has 25 heavy (non-hydrogen) atoms. The highest BCUT2D eigenvalue weighted by Crippen LogP contribution is 2.57. The average Bonchev–Trinajstić information content (AvgIpc) is 2.73. The van der Waals surface area contributed by atoms with Gasteiger partial charge in [0, 0.05) is 17.1 Å². The zero-order chi connectivity index (χ0) is 17.0. The summed E-state index contributed by atoms with van der Waals surface area (Å²) in [4.78, 5) is 10.1. The van der Waals surface area contributed by atoms with Crippen molar-refractivity contribution in [2.45, 2.75) is 6.42 Å². The zero-order valence-electron chi connectivity index (χ0n) is 13.3. The van der Waals surface area contributed by atoms with Crippen molar-refractivity contribution in [3.8, 4) is 5.75 Å².